The molecule has 0 rings (SSSR count). The molecule has 0 unspecified atom stereocenters. The minimum atomic E-state index is 0.0926. The van der Waals surface area contributed by atoms with Crippen LogP contribution in [0.15, 0.2) is 0 Å². The van der Waals surface area contributed by atoms with Gasteiger partial charge in [0.2, 0.25) is 0 Å². The third-order valence-corrected chi connectivity index (χ3v) is 1.18. The van der Waals surface area contributed by atoms with Crippen LogP contribution in [0.5, 0.6) is 0 Å². The molecule has 0 fully saturated rings. The van der Waals surface area contributed by atoms with Crippen molar-refractivity contribution in [2.45, 2.75) is 6.92 Å². The second kappa shape index (κ2) is 3.57. The first-order valence-electron chi connectivity index (χ1n) is 2.67. The van der Waals surface area contributed by atoms with E-state index in [2.05, 4.69) is 0 Å². The number of nitrogens with one attached hydrogen (secondary N) is 1. The van der Waals surface area contributed by atoms with Crippen LogP contribution < -0.4 is 11.5 Å². The molecular formula is C5H13N3. The van der Waals surface area contributed by atoms with Crippen molar-refractivity contribution in [1.82, 2.24) is 0 Å². The van der Waals surface area contributed by atoms with Gasteiger partial charge in [-0.3, -0.25) is 0 Å². The van der Waals surface area contributed by atoms with Gasteiger partial charge in [0.25, 0.3) is 0 Å². The van der Waals surface area contributed by atoms with Gasteiger partial charge in [0.1, 0.15) is 0 Å². The SMILES string of the molecule is CC(=N)C(CN)CN. The number of rotatable bonds is 3. The zero-order valence-electron chi connectivity index (χ0n) is 5.15. The molecule has 3 heteroatoms. The normalized spacial score (nSPS) is 10.0. The Labute approximate surface area is 49.6 Å². The van der Waals surface area contributed by atoms with Gasteiger partial charge >= 0.3 is 0 Å². The van der Waals surface area contributed by atoms with Crippen molar-refractivity contribution in [2.24, 2.45) is 17.4 Å². The van der Waals surface area contributed by atoms with E-state index in [0.717, 1.165) is 0 Å². The van der Waals surface area contributed by atoms with Crippen molar-refractivity contribution in [2.75, 3.05) is 13.1 Å². The molecule has 0 aromatic heterocycles. The molecule has 0 aliphatic carbocycles. The van der Waals surface area contributed by atoms with Gasteiger partial charge in [-0.15, -0.1) is 0 Å². The van der Waals surface area contributed by atoms with Crippen molar-refractivity contribution >= 4 is 5.71 Å². The molecule has 0 aromatic rings. The zero-order valence-corrected chi connectivity index (χ0v) is 5.15. The van der Waals surface area contributed by atoms with Crippen LogP contribution in [0.4, 0.5) is 0 Å². The van der Waals surface area contributed by atoms with E-state index < -0.39 is 0 Å². The van der Waals surface area contributed by atoms with E-state index >= 15 is 0 Å². The standard InChI is InChI=1S/C5H13N3/c1-4(8)5(2-6)3-7/h5,8H,2-3,6-7H2,1H3. The summed E-state index contributed by atoms with van der Waals surface area (Å²) < 4.78 is 0. The van der Waals surface area contributed by atoms with E-state index in [1.54, 1.807) is 6.92 Å². The van der Waals surface area contributed by atoms with E-state index in [9.17, 15) is 0 Å². The summed E-state index contributed by atoms with van der Waals surface area (Å²) >= 11 is 0. The first-order valence-corrected chi connectivity index (χ1v) is 2.67. The maximum Gasteiger partial charge on any atom is 0.0208 e. The summed E-state index contributed by atoms with van der Waals surface area (Å²) in [4.78, 5) is 0. The lowest BCUT2D eigenvalue weighted by molar-refractivity contribution is 0.706. The van der Waals surface area contributed by atoms with Gasteiger partial charge in [0, 0.05) is 24.7 Å². The molecule has 0 amide bonds. The zero-order chi connectivity index (χ0) is 6.57. The van der Waals surface area contributed by atoms with E-state index in [1.165, 1.54) is 0 Å². The molecule has 0 bridgehead atoms. The predicted octanol–water partition coefficient (Wildman–Crippen LogP) is -0.440. The van der Waals surface area contributed by atoms with Crippen molar-refractivity contribution in [1.29, 1.82) is 5.41 Å². The number of hydrogen-bond donors (Lipinski definition) is 3. The fourth-order valence-corrected chi connectivity index (χ4v) is 0.450. The Balaban J connectivity index is 3.52. The first-order chi connectivity index (χ1) is 3.72. The molecule has 0 radical (unpaired) electrons. The predicted molar refractivity (Wildman–Crippen MR) is 35.0 cm³/mol. The summed E-state index contributed by atoms with van der Waals surface area (Å²) in [6.07, 6.45) is 0. The Morgan fingerprint density at radius 3 is 1.88 bits per heavy atom. The Morgan fingerprint density at radius 1 is 1.50 bits per heavy atom. The maximum absolute atomic E-state index is 7.09. The summed E-state index contributed by atoms with van der Waals surface area (Å²) in [5, 5.41) is 7.09. The molecule has 0 atom stereocenters. The number of hydrogen-bond acceptors (Lipinski definition) is 3. The highest BCUT2D eigenvalue weighted by molar-refractivity contribution is 5.81. The number of nitrogens with two attached hydrogens (primary N) is 2. The van der Waals surface area contributed by atoms with Crippen LogP contribution >= 0.6 is 0 Å². The molecule has 8 heavy (non-hydrogen) atoms. The molecule has 0 heterocycles. The van der Waals surface area contributed by atoms with Crippen LogP contribution in [-0.4, -0.2) is 18.8 Å². The van der Waals surface area contributed by atoms with Crippen molar-refractivity contribution in [3.05, 3.63) is 0 Å². The van der Waals surface area contributed by atoms with Crippen LogP contribution in [0.2, 0.25) is 0 Å². The fraction of sp³-hybridized carbons (Fsp3) is 0.800. The Morgan fingerprint density at radius 2 is 1.88 bits per heavy atom. The van der Waals surface area contributed by atoms with Gasteiger partial charge in [-0.25, -0.2) is 0 Å². The van der Waals surface area contributed by atoms with Crippen LogP contribution in [0.1, 0.15) is 6.92 Å². The topological polar surface area (TPSA) is 75.9 Å². The van der Waals surface area contributed by atoms with Crippen LogP contribution in [0.3, 0.4) is 0 Å². The van der Waals surface area contributed by atoms with Gasteiger partial charge in [-0.05, 0) is 6.92 Å². The van der Waals surface area contributed by atoms with Crippen molar-refractivity contribution in [3.8, 4) is 0 Å². The quantitative estimate of drug-likeness (QED) is 0.436. The maximum atomic E-state index is 7.09. The second-order valence-corrected chi connectivity index (χ2v) is 1.85. The summed E-state index contributed by atoms with van der Waals surface area (Å²) in [6.45, 7) is 2.71. The minimum Gasteiger partial charge on any atom is -0.330 e. The smallest absolute Gasteiger partial charge is 0.0208 e. The fourth-order valence-electron chi connectivity index (χ4n) is 0.450. The lowest BCUT2D eigenvalue weighted by Gasteiger charge is -2.07. The average Bonchev–Trinajstić information content (AvgIpc) is 1.69. The summed E-state index contributed by atoms with van der Waals surface area (Å²) in [5.74, 6) is 0.0926. The summed E-state index contributed by atoms with van der Waals surface area (Å²) in [7, 11) is 0. The molecule has 0 aliphatic heterocycles. The van der Waals surface area contributed by atoms with Gasteiger partial charge < -0.3 is 16.9 Å². The molecule has 48 valence electrons. The van der Waals surface area contributed by atoms with E-state index in [0.29, 0.717) is 18.8 Å². The molecule has 0 saturated heterocycles. The third-order valence-electron chi connectivity index (χ3n) is 1.18. The van der Waals surface area contributed by atoms with Crippen LogP contribution in [0, 0.1) is 11.3 Å². The molecule has 5 N–H and O–H groups in total. The van der Waals surface area contributed by atoms with Gasteiger partial charge in [-0.1, -0.05) is 0 Å². The minimum absolute atomic E-state index is 0.0926. The Bertz CT molecular complexity index is 75.7. The lowest BCUT2D eigenvalue weighted by atomic mass is 10.1. The van der Waals surface area contributed by atoms with E-state index in [1.807, 2.05) is 0 Å². The Hall–Kier alpha value is -0.410. The monoisotopic (exact) mass is 115 g/mol. The molecule has 0 spiro atoms. The second-order valence-electron chi connectivity index (χ2n) is 1.85. The van der Waals surface area contributed by atoms with Crippen molar-refractivity contribution in [3.63, 3.8) is 0 Å². The Kier molecular flexibility index (Phi) is 3.39. The van der Waals surface area contributed by atoms with Gasteiger partial charge in [0.05, 0.1) is 0 Å². The third kappa shape index (κ3) is 2.04. The average molecular weight is 115 g/mol. The van der Waals surface area contributed by atoms with Crippen LogP contribution in [-0.2, 0) is 0 Å². The largest absolute Gasteiger partial charge is 0.330 e. The summed E-state index contributed by atoms with van der Waals surface area (Å²) in [5.41, 5.74) is 11.1. The van der Waals surface area contributed by atoms with Crippen LogP contribution in [0.25, 0.3) is 0 Å². The molecule has 0 aromatic carbocycles. The highest BCUT2D eigenvalue weighted by Crippen LogP contribution is 1.90. The summed E-state index contributed by atoms with van der Waals surface area (Å²) in [6, 6.07) is 0. The van der Waals surface area contributed by atoms with Gasteiger partial charge in [0.15, 0.2) is 0 Å². The molecule has 0 aliphatic rings. The van der Waals surface area contributed by atoms with E-state index in [4.69, 9.17) is 16.9 Å². The lowest BCUT2D eigenvalue weighted by Crippen LogP contribution is -2.28. The highest BCUT2D eigenvalue weighted by Gasteiger charge is 2.03. The first kappa shape index (κ1) is 7.59. The van der Waals surface area contributed by atoms with Crippen molar-refractivity contribution < 1.29 is 0 Å². The molecular weight excluding hydrogens is 102 g/mol. The highest BCUT2D eigenvalue weighted by atomic mass is 14.6. The van der Waals surface area contributed by atoms with E-state index in [-0.39, 0.29) is 5.92 Å². The molecule has 3 nitrogen and oxygen atoms in total. The van der Waals surface area contributed by atoms with Gasteiger partial charge in [-0.2, -0.15) is 0 Å². The molecule has 0 saturated carbocycles.